The van der Waals surface area contributed by atoms with E-state index in [9.17, 15) is 13.2 Å². The second-order valence-electron chi connectivity index (χ2n) is 8.82. The molecule has 4 N–H and O–H groups in total. The standard InChI is InChI=1S/C26H26N6O5S/c1-36-19-13-17(14-20(15-19)37-2)28-23-24(31-22-9-4-3-8-21(22)30-23)32(38(34)35)18-7-5-6-16(12-18)29-25(33)26(27)10-11-26/h3-9,12-15,38H,10-11,27H2,1-2H3,(H,28,30)(H,29,33). The van der Waals surface area contributed by atoms with Crippen LogP contribution in [0.3, 0.4) is 0 Å². The fourth-order valence-electron chi connectivity index (χ4n) is 3.87. The number of fused-ring (bicyclic) bond motifs is 1. The molecule has 11 nitrogen and oxygen atoms in total. The second kappa shape index (κ2) is 10.1. The van der Waals surface area contributed by atoms with Crippen LogP contribution in [0.1, 0.15) is 12.8 Å². The first-order valence-electron chi connectivity index (χ1n) is 11.7. The lowest BCUT2D eigenvalue weighted by atomic mass is 10.2. The molecule has 0 atom stereocenters. The molecule has 1 aromatic heterocycles. The zero-order valence-electron chi connectivity index (χ0n) is 20.7. The van der Waals surface area contributed by atoms with E-state index in [1.165, 1.54) is 14.2 Å². The van der Waals surface area contributed by atoms with Gasteiger partial charge in [-0.1, -0.05) is 18.2 Å². The normalized spacial score (nSPS) is 13.7. The van der Waals surface area contributed by atoms with Crippen molar-refractivity contribution in [1.82, 2.24) is 9.97 Å². The SMILES string of the molecule is COc1cc(Nc2nc3ccccc3nc2N(c2cccc(NC(=O)C3(N)CC3)c2)[SH](=O)=O)cc(OC)c1. The van der Waals surface area contributed by atoms with Gasteiger partial charge >= 0.3 is 0 Å². The quantitative estimate of drug-likeness (QED) is 0.237. The van der Waals surface area contributed by atoms with Crippen LogP contribution >= 0.6 is 0 Å². The number of anilines is 5. The van der Waals surface area contributed by atoms with Crippen LogP contribution < -0.4 is 30.1 Å². The van der Waals surface area contributed by atoms with Crippen LogP contribution in [0.15, 0.2) is 66.7 Å². The van der Waals surface area contributed by atoms with Crippen molar-refractivity contribution in [3.05, 3.63) is 66.7 Å². The predicted octanol–water partition coefficient (Wildman–Crippen LogP) is 3.48. The molecule has 0 bridgehead atoms. The molecular weight excluding hydrogens is 508 g/mol. The zero-order chi connectivity index (χ0) is 26.9. The van der Waals surface area contributed by atoms with Crippen molar-refractivity contribution in [2.75, 3.05) is 29.2 Å². The molecular formula is C26H26N6O5S. The molecule has 5 rings (SSSR count). The highest BCUT2D eigenvalue weighted by molar-refractivity contribution is 7.74. The van der Waals surface area contributed by atoms with Crippen LogP contribution in [0, 0.1) is 0 Å². The molecule has 4 aromatic rings. The number of nitrogens with two attached hydrogens (primary N) is 1. The molecule has 3 aromatic carbocycles. The number of nitrogens with one attached hydrogen (secondary N) is 2. The third kappa shape index (κ3) is 5.17. The average Bonchev–Trinajstić information content (AvgIpc) is 3.67. The Kier molecular flexibility index (Phi) is 6.74. The number of amides is 1. The molecule has 0 unspecified atom stereocenters. The summed E-state index contributed by atoms with van der Waals surface area (Å²) in [4.78, 5) is 21.8. The number of aromatic nitrogens is 2. The van der Waals surface area contributed by atoms with Crippen LogP contribution in [0.5, 0.6) is 11.5 Å². The van der Waals surface area contributed by atoms with Gasteiger partial charge in [-0.15, -0.1) is 0 Å². The zero-order valence-corrected chi connectivity index (χ0v) is 21.6. The van der Waals surface area contributed by atoms with Crippen molar-refractivity contribution in [2.24, 2.45) is 5.73 Å². The Labute approximate surface area is 220 Å². The van der Waals surface area contributed by atoms with E-state index in [4.69, 9.17) is 15.2 Å². The molecule has 1 amide bonds. The van der Waals surface area contributed by atoms with E-state index < -0.39 is 16.4 Å². The Morgan fingerprint density at radius 3 is 2.18 bits per heavy atom. The monoisotopic (exact) mass is 534 g/mol. The number of hydrogen-bond acceptors (Lipinski definition) is 9. The van der Waals surface area contributed by atoms with Gasteiger partial charge in [0.25, 0.3) is 0 Å². The molecule has 1 heterocycles. The number of carbonyl (C=O) groups is 1. The maximum Gasteiger partial charge on any atom is 0.244 e. The Balaban J connectivity index is 1.60. The van der Waals surface area contributed by atoms with Crippen LogP contribution in [0.25, 0.3) is 11.0 Å². The Bertz CT molecular complexity index is 1570. The van der Waals surface area contributed by atoms with Gasteiger partial charge in [0.15, 0.2) is 11.6 Å². The van der Waals surface area contributed by atoms with Crippen LogP contribution in [-0.4, -0.2) is 44.1 Å². The van der Waals surface area contributed by atoms with E-state index in [0.29, 0.717) is 46.7 Å². The molecule has 0 saturated heterocycles. The summed E-state index contributed by atoms with van der Waals surface area (Å²) in [5.74, 6) is 0.984. The highest BCUT2D eigenvalue weighted by Crippen LogP contribution is 2.37. The van der Waals surface area contributed by atoms with E-state index >= 15 is 0 Å². The van der Waals surface area contributed by atoms with Crippen LogP contribution in [0.4, 0.5) is 28.7 Å². The largest absolute Gasteiger partial charge is 0.497 e. The third-order valence-electron chi connectivity index (χ3n) is 6.12. The van der Waals surface area contributed by atoms with Crippen LogP contribution in [-0.2, 0) is 15.7 Å². The fraction of sp³-hybridized carbons (Fsp3) is 0.192. The number of hydrogen-bond donors (Lipinski definition) is 4. The van der Waals surface area contributed by atoms with Crippen molar-refractivity contribution in [2.45, 2.75) is 18.4 Å². The number of rotatable bonds is 9. The van der Waals surface area contributed by atoms with Crippen molar-refractivity contribution >= 4 is 56.5 Å². The third-order valence-corrected chi connectivity index (χ3v) is 6.87. The summed E-state index contributed by atoms with van der Waals surface area (Å²) in [6.07, 6.45) is 1.21. The number of methoxy groups -OCH3 is 2. The topological polar surface area (TPSA) is 149 Å². The van der Waals surface area contributed by atoms with Gasteiger partial charge < -0.3 is 25.8 Å². The molecule has 0 aliphatic heterocycles. The van der Waals surface area contributed by atoms with E-state index in [1.54, 1.807) is 60.7 Å². The summed E-state index contributed by atoms with van der Waals surface area (Å²) in [5, 5.41) is 5.94. The minimum atomic E-state index is -3.22. The van der Waals surface area contributed by atoms with E-state index in [0.717, 1.165) is 4.31 Å². The first kappa shape index (κ1) is 25.2. The lowest BCUT2D eigenvalue weighted by molar-refractivity contribution is -0.118. The van der Waals surface area contributed by atoms with Crippen LogP contribution in [0.2, 0.25) is 0 Å². The summed E-state index contributed by atoms with van der Waals surface area (Å²) in [7, 11) is -0.154. The lowest BCUT2D eigenvalue weighted by Gasteiger charge is -2.21. The summed E-state index contributed by atoms with van der Waals surface area (Å²) in [5.41, 5.74) is 7.40. The van der Waals surface area contributed by atoms with Gasteiger partial charge in [0, 0.05) is 29.6 Å². The van der Waals surface area contributed by atoms with Gasteiger partial charge in [0.2, 0.25) is 16.8 Å². The van der Waals surface area contributed by atoms with Crippen molar-refractivity contribution in [3.63, 3.8) is 0 Å². The van der Waals surface area contributed by atoms with Crippen molar-refractivity contribution < 1.29 is 22.7 Å². The lowest BCUT2D eigenvalue weighted by Crippen LogP contribution is -2.37. The van der Waals surface area contributed by atoms with Gasteiger partial charge in [0.05, 0.1) is 36.5 Å². The Morgan fingerprint density at radius 2 is 1.58 bits per heavy atom. The number of benzene rings is 3. The summed E-state index contributed by atoms with van der Waals surface area (Å²) >= 11 is 0. The minimum absolute atomic E-state index is 0.0440. The van der Waals surface area contributed by atoms with Gasteiger partial charge in [0.1, 0.15) is 11.5 Å². The molecule has 38 heavy (non-hydrogen) atoms. The Morgan fingerprint density at radius 1 is 0.921 bits per heavy atom. The molecule has 1 aliphatic carbocycles. The molecule has 1 fully saturated rings. The predicted molar refractivity (Wildman–Crippen MR) is 146 cm³/mol. The molecule has 196 valence electrons. The molecule has 1 saturated carbocycles. The van der Waals surface area contributed by atoms with Gasteiger partial charge in [-0.3, -0.25) is 4.79 Å². The van der Waals surface area contributed by atoms with Gasteiger partial charge in [-0.25, -0.2) is 22.7 Å². The highest BCUT2D eigenvalue weighted by Gasteiger charge is 2.46. The molecule has 12 heteroatoms. The molecule has 1 aliphatic rings. The number of thiol groups is 1. The van der Waals surface area contributed by atoms with E-state index in [-0.39, 0.29) is 23.2 Å². The smallest absolute Gasteiger partial charge is 0.244 e. The maximum atomic E-state index is 12.7. The van der Waals surface area contributed by atoms with Gasteiger partial charge in [-0.2, -0.15) is 0 Å². The summed E-state index contributed by atoms with van der Waals surface area (Å²) in [6, 6.07) is 18.7. The number of para-hydroxylation sites is 2. The number of carbonyl (C=O) groups excluding carboxylic acids is 1. The van der Waals surface area contributed by atoms with E-state index in [2.05, 4.69) is 20.6 Å². The first-order valence-corrected chi connectivity index (χ1v) is 12.8. The first-order chi connectivity index (χ1) is 18.3. The molecule has 0 radical (unpaired) electrons. The maximum absolute atomic E-state index is 12.7. The fourth-order valence-corrected chi connectivity index (χ4v) is 4.47. The second-order valence-corrected chi connectivity index (χ2v) is 9.70. The average molecular weight is 535 g/mol. The highest BCUT2D eigenvalue weighted by atomic mass is 32.2. The van der Waals surface area contributed by atoms with Gasteiger partial charge in [-0.05, 0) is 43.2 Å². The van der Waals surface area contributed by atoms with E-state index in [1.807, 2.05) is 6.07 Å². The summed E-state index contributed by atoms with van der Waals surface area (Å²) < 4.78 is 37.1. The molecule has 0 spiro atoms. The van der Waals surface area contributed by atoms with Crippen molar-refractivity contribution in [3.8, 4) is 11.5 Å². The van der Waals surface area contributed by atoms with Crippen molar-refractivity contribution in [1.29, 1.82) is 0 Å². The number of nitrogens with zero attached hydrogens (tertiary/aromatic N) is 3. The minimum Gasteiger partial charge on any atom is -0.497 e. The Hall–Kier alpha value is -4.42. The number of ether oxygens (including phenoxy) is 2. The summed E-state index contributed by atoms with van der Waals surface area (Å²) in [6.45, 7) is 0.